The molecule has 15 nitrogen and oxygen atoms in total. The molecule has 0 radical (unpaired) electrons. The zero-order chi connectivity index (χ0) is 38.1. The van der Waals surface area contributed by atoms with Crippen molar-refractivity contribution >= 4 is 39.9 Å². The van der Waals surface area contributed by atoms with Crippen LogP contribution in [0, 0.1) is 11.7 Å². The average Bonchev–Trinajstić information content (AvgIpc) is 3.97. The molecule has 0 aromatic heterocycles. The van der Waals surface area contributed by atoms with E-state index in [1.165, 1.54) is 23.0 Å². The molecule has 5 aliphatic rings. The van der Waals surface area contributed by atoms with Crippen molar-refractivity contribution in [3.05, 3.63) is 47.3 Å². The van der Waals surface area contributed by atoms with Gasteiger partial charge in [-0.05, 0) is 64.0 Å². The van der Waals surface area contributed by atoms with Gasteiger partial charge in [-0.1, -0.05) is 37.1 Å². The van der Waals surface area contributed by atoms with Crippen LogP contribution in [0.5, 0.6) is 0 Å². The van der Waals surface area contributed by atoms with E-state index in [1.54, 1.807) is 26.0 Å². The highest BCUT2D eigenvalue weighted by Gasteiger charge is 2.62. The number of hydrogen-bond donors (Lipinski definition) is 3. The van der Waals surface area contributed by atoms with Gasteiger partial charge in [-0.3, -0.25) is 24.0 Å². The SMILES string of the molecule is COCC(C)(C)OC(=O)NC1CCCCCC=CC2CC2(C(=O)NS(=O)(=O)C2CC2)NC(=O)C2CC(OC(=O)N3Cc4cccc(F)c4C3)CN2C1=O. The Morgan fingerprint density at radius 2 is 1.87 bits per heavy atom. The van der Waals surface area contributed by atoms with Crippen molar-refractivity contribution in [3.8, 4) is 0 Å². The van der Waals surface area contributed by atoms with Crippen LogP contribution in [0.15, 0.2) is 30.4 Å². The summed E-state index contributed by atoms with van der Waals surface area (Å²) in [5.41, 5.74) is -1.55. The molecule has 2 aliphatic carbocycles. The average molecular weight is 762 g/mol. The summed E-state index contributed by atoms with van der Waals surface area (Å²) in [6, 6.07) is 2.23. The molecule has 5 atom stereocenters. The van der Waals surface area contributed by atoms with E-state index >= 15 is 0 Å². The number of carbonyl (C=O) groups is 5. The molecule has 3 N–H and O–H groups in total. The van der Waals surface area contributed by atoms with Crippen LogP contribution in [-0.2, 0) is 51.7 Å². The zero-order valence-corrected chi connectivity index (χ0v) is 31.0. The van der Waals surface area contributed by atoms with Crippen LogP contribution in [0.2, 0.25) is 0 Å². The molecular weight excluding hydrogens is 713 g/mol. The van der Waals surface area contributed by atoms with Gasteiger partial charge in [0.2, 0.25) is 21.8 Å². The molecule has 53 heavy (non-hydrogen) atoms. The summed E-state index contributed by atoms with van der Waals surface area (Å²) in [6.45, 7) is 3.31. The molecule has 1 aromatic carbocycles. The summed E-state index contributed by atoms with van der Waals surface area (Å²) in [5, 5.41) is 4.78. The van der Waals surface area contributed by atoms with Crippen LogP contribution in [0.3, 0.4) is 0 Å². The summed E-state index contributed by atoms with van der Waals surface area (Å²) in [7, 11) is -2.46. The number of fused-ring (bicyclic) bond motifs is 3. The summed E-state index contributed by atoms with van der Waals surface area (Å²) in [5.74, 6) is -3.12. The Hall–Kier alpha value is -4.25. The number of allylic oxidation sites excluding steroid dienone is 1. The minimum atomic E-state index is -3.93. The maximum absolute atomic E-state index is 14.4. The molecule has 1 saturated heterocycles. The Labute approximate surface area is 308 Å². The van der Waals surface area contributed by atoms with Gasteiger partial charge in [-0.15, -0.1) is 0 Å². The van der Waals surface area contributed by atoms with E-state index in [4.69, 9.17) is 14.2 Å². The predicted octanol–water partition coefficient (Wildman–Crippen LogP) is 2.77. The van der Waals surface area contributed by atoms with Crippen LogP contribution in [-0.4, -0.2) is 103 Å². The summed E-state index contributed by atoms with van der Waals surface area (Å²) in [4.78, 5) is 71.2. The highest BCUT2D eigenvalue weighted by Crippen LogP contribution is 2.46. The number of benzene rings is 1. The number of methoxy groups -OCH3 is 1. The molecule has 5 unspecified atom stereocenters. The fraction of sp³-hybridized carbons (Fsp3) is 0.639. The van der Waals surface area contributed by atoms with Crippen molar-refractivity contribution in [2.45, 2.75) is 119 Å². The van der Waals surface area contributed by atoms with Gasteiger partial charge in [-0.2, -0.15) is 0 Å². The Morgan fingerprint density at radius 1 is 1.09 bits per heavy atom. The number of sulfonamides is 1. The second kappa shape index (κ2) is 15.2. The molecule has 17 heteroatoms. The minimum Gasteiger partial charge on any atom is -0.444 e. The van der Waals surface area contributed by atoms with Gasteiger partial charge in [0, 0.05) is 31.6 Å². The lowest BCUT2D eigenvalue weighted by Gasteiger charge is -2.31. The fourth-order valence-corrected chi connectivity index (χ4v) is 8.74. The van der Waals surface area contributed by atoms with Gasteiger partial charge < -0.3 is 29.7 Å². The molecule has 3 fully saturated rings. The van der Waals surface area contributed by atoms with Crippen LogP contribution in [0.25, 0.3) is 0 Å². The topological polar surface area (TPSA) is 190 Å². The standard InChI is InChI=1S/C36H48FN5O10S/c1-35(2,21-50-3)52-33(46)38-28-13-8-6-4-5-7-11-23-17-36(23,32(45)40-53(48,49)25-14-15-25)39-30(43)29-16-24(19-42(29)31(28)44)51-34(47)41-18-22-10-9-12-27(37)26(22)20-41/h7,9-12,23-25,28-29H,4-6,8,13-21H2,1-3H3,(H,38,46)(H,39,43)(H,40,45). The molecule has 5 amide bonds. The van der Waals surface area contributed by atoms with E-state index in [2.05, 4.69) is 15.4 Å². The zero-order valence-electron chi connectivity index (χ0n) is 30.2. The summed E-state index contributed by atoms with van der Waals surface area (Å²) in [6.07, 6.45) is 4.88. The van der Waals surface area contributed by atoms with E-state index in [1.807, 2.05) is 12.2 Å². The summed E-state index contributed by atoms with van der Waals surface area (Å²) < 4.78 is 58.6. The van der Waals surface area contributed by atoms with Crippen LogP contribution in [0.4, 0.5) is 14.0 Å². The Morgan fingerprint density at radius 3 is 2.58 bits per heavy atom. The Balaban J connectivity index is 1.25. The molecule has 3 heterocycles. The number of hydrogen-bond acceptors (Lipinski definition) is 10. The first-order chi connectivity index (χ1) is 25.1. The number of nitrogens with one attached hydrogen (secondary N) is 3. The van der Waals surface area contributed by atoms with Gasteiger partial charge >= 0.3 is 12.2 Å². The van der Waals surface area contributed by atoms with Crippen molar-refractivity contribution in [1.29, 1.82) is 0 Å². The lowest BCUT2D eigenvalue weighted by molar-refractivity contribution is -0.141. The largest absolute Gasteiger partial charge is 0.444 e. The number of halogens is 1. The minimum absolute atomic E-state index is 0.00997. The van der Waals surface area contributed by atoms with Gasteiger partial charge in [0.15, 0.2) is 0 Å². The van der Waals surface area contributed by atoms with E-state index in [0.717, 1.165) is 6.42 Å². The molecule has 290 valence electrons. The van der Waals surface area contributed by atoms with E-state index < -0.39 is 86.2 Å². The third-order valence-electron chi connectivity index (χ3n) is 10.4. The normalized spacial score (nSPS) is 27.7. The maximum Gasteiger partial charge on any atom is 0.410 e. The van der Waals surface area contributed by atoms with Gasteiger partial charge in [0.1, 0.15) is 35.1 Å². The molecule has 0 bridgehead atoms. The smallest absolute Gasteiger partial charge is 0.410 e. The number of amides is 5. The molecule has 0 spiro atoms. The summed E-state index contributed by atoms with van der Waals surface area (Å²) >= 11 is 0. The van der Waals surface area contributed by atoms with E-state index in [0.29, 0.717) is 43.2 Å². The molecular formula is C36H48FN5O10S. The van der Waals surface area contributed by atoms with Crippen molar-refractivity contribution in [2.75, 3.05) is 20.3 Å². The molecule has 1 aromatic rings. The van der Waals surface area contributed by atoms with Crippen molar-refractivity contribution < 1.29 is 51.0 Å². The number of rotatable bonds is 8. The highest BCUT2D eigenvalue weighted by molar-refractivity contribution is 7.91. The first-order valence-electron chi connectivity index (χ1n) is 18.2. The second-order valence-electron chi connectivity index (χ2n) is 15.3. The number of nitrogens with zero attached hydrogens (tertiary/aromatic N) is 2. The van der Waals surface area contributed by atoms with Crippen molar-refractivity contribution in [3.63, 3.8) is 0 Å². The van der Waals surface area contributed by atoms with E-state index in [9.17, 15) is 36.8 Å². The van der Waals surface area contributed by atoms with Gasteiger partial charge in [-0.25, -0.2) is 22.4 Å². The number of carbonyl (C=O) groups excluding carboxylic acids is 5. The first-order valence-corrected chi connectivity index (χ1v) is 19.7. The van der Waals surface area contributed by atoms with Crippen molar-refractivity contribution in [2.24, 2.45) is 5.92 Å². The van der Waals surface area contributed by atoms with Crippen molar-refractivity contribution in [1.82, 2.24) is 25.2 Å². The van der Waals surface area contributed by atoms with Gasteiger partial charge in [0.05, 0.1) is 24.9 Å². The fourth-order valence-electron chi connectivity index (χ4n) is 7.37. The van der Waals surface area contributed by atoms with Crippen LogP contribution in [0.1, 0.15) is 82.8 Å². The maximum atomic E-state index is 14.4. The Bertz CT molecular complexity index is 1770. The number of alkyl carbamates (subject to hydrolysis) is 1. The second-order valence-corrected chi connectivity index (χ2v) is 17.2. The predicted molar refractivity (Wildman–Crippen MR) is 187 cm³/mol. The quantitative estimate of drug-likeness (QED) is 0.333. The monoisotopic (exact) mass is 761 g/mol. The third-order valence-corrected chi connectivity index (χ3v) is 12.3. The third kappa shape index (κ3) is 8.77. The van der Waals surface area contributed by atoms with Gasteiger partial charge in [0.25, 0.3) is 5.91 Å². The first kappa shape index (κ1) is 38.5. The van der Waals surface area contributed by atoms with E-state index in [-0.39, 0.29) is 45.5 Å². The molecule has 2 saturated carbocycles. The molecule has 3 aliphatic heterocycles. The van der Waals surface area contributed by atoms with Crippen LogP contribution >= 0.6 is 0 Å². The molecule has 6 rings (SSSR count). The Kier molecular flexibility index (Phi) is 11.1. The van der Waals surface area contributed by atoms with Crippen LogP contribution < -0.4 is 15.4 Å². The lowest BCUT2D eigenvalue weighted by Crippen LogP contribution is -2.58. The number of ether oxygens (including phenoxy) is 3. The lowest BCUT2D eigenvalue weighted by atomic mass is 10.0. The highest BCUT2D eigenvalue weighted by atomic mass is 32.2.